The van der Waals surface area contributed by atoms with Crippen LogP contribution in [0, 0.1) is 0 Å². The van der Waals surface area contributed by atoms with E-state index in [4.69, 9.17) is 11.5 Å². The zero-order valence-corrected chi connectivity index (χ0v) is 11.0. The first-order valence-corrected chi connectivity index (χ1v) is 6.04. The van der Waals surface area contributed by atoms with Crippen LogP contribution < -0.4 is 22.1 Å². The van der Waals surface area contributed by atoms with E-state index in [-0.39, 0.29) is 0 Å². The maximum absolute atomic E-state index is 5.73. The van der Waals surface area contributed by atoms with Gasteiger partial charge in [-0.3, -0.25) is 0 Å². The van der Waals surface area contributed by atoms with Gasteiger partial charge in [0.25, 0.3) is 0 Å². The van der Waals surface area contributed by atoms with Crippen molar-refractivity contribution in [3.05, 3.63) is 47.8 Å². The molecule has 0 bridgehead atoms. The van der Waals surface area contributed by atoms with E-state index >= 15 is 0 Å². The molecule has 0 aliphatic rings. The Morgan fingerprint density at radius 1 is 1.00 bits per heavy atom. The Morgan fingerprint density at radius 3 is 1.83 bits per heavy atom. The predicted octanol–water partition coefficient (Wildman–Crippen LogP) is 2.24. The standard InChI is InChI=1S/C14H22N4/c1-3-11(15)9-17-13-6-5-7-14(8-13)18-10-12(16)4-2/h3-8,17-18H,9-10,15-16H2,1-2H3/b11-3-,12-4-. The molecule has 0 atom stereocenters. The van der Waals surface area contributed by atoms with Crippen LogP contribution in [0.25, 0.3) is 0 Å². The van der Waals surface area contributed by atoms with Crippen LogP contribution in [0.3, 0.4) is 0 Å². The zero-order valence-electron chi connectivity index (χ0n) is 11.0. The average molecular weight is 246 g/mol. The second-order valence-corrected chi connectivity index (χ2v) is 4.02. The van der Waals surface area contributed by atoms with Crippen LogP contribution in [0.4, 0.5) is 11.4 Å². The van der Waals surface area contributed by atoms with Gasteiger partial charge in [0.05, 0.1) is 13.1 Å². The Morgan fingerprint density at radius 2 is 1.44 bits per heavy atom. The van der Waals surface area contributed by atoms with Gasteiger partial charge in [-0.15, -0.1) is 0 Å². The molecule has 0 aromatic heterocycles. The van der Waals surface area contributed by atoms with Crippen LogP contribution >= 0.6 is 0 Å². The second kappa shape index (κ2) is 7.27. The van der Waals surface area contributed by atoms with Crippen LogP contribution in [-0.2, 0) is 0 Å². The van der Waals surface area contributed by atoms with E-state index in [1.165, 1.54) is 0 Å². The maximum Gasteiger partial charge on any atom is 0.0542 e. The Balaban J connectivity index is 2.56. The van der Waals surface area contributed by atoms with Crippen molar-refractivity contribution in [2.75, 3.05) is 23.7 Å². The van der Waals surface area contributed by atoms with Crippen LogP contribution in [0.2, 0.25) is 0 Å². The van der Waals surface area contributed by atoms with E-state index in [0.29, 0.717) is 13.1 Å². The van der Waals surface area contributed by atoms with Crippen LogP contribution in [0.5, 0.6) is 0 Å². The smallest absolute Gasteiger partial charge is 0.0542 e. The van der Waals surface area contributed by atoms with Crippen molar-refractivity contribution in [3.8, 4) is 0 Å². The Hall–Kier alpha value is -2.10. The Bertz CT molecular complexity index is 398. The van der Waals surface area contributed by atoms with Crippen LogP contribution in [0.15, 0.2) is 47.8 Å². The van der Waals surface area contributed by atoms with Gasteiger partial charge < -0.3 is 22.1 Å². The van der Waals surface area contributed by atoms with Gasteiger partial charge in [0.2, 0.25) is 0 Å². The SMILES string of the molecule is C/C=C(\N)CNc1cccc(NC/C(N)=C/C)c1. The van der Waals surface area contributed by atoms with E-state index in [2.05, 4.69) is 10.6 Å². The Labute approximate surface area is 109 Å². The molecule has 6 N–H and O–H groups in total. The van der Waals surface area contributed by atoms with Crippen LogP contribution in [0.1, 0.15) is 13.8 Å². The number of nitrogens with two attached hydrogens (primary N) is 2. The van der Waals surface area contributed by atoms with Gasteiger partial charge in [0, 0.05) is 22.8 Å². The average Bonchev–Trinajstić information content (AvgIpc) is 2.42. The number of hydrogen-bond donors (Lipinski definition) is 4. The minimum atomic E-state index is 0.650. The third-order valence-electron chi connectivity index (χ3n) is 2.60. The first-order valence-electron chi connectivity index (χ1n) is 6.04. The quantitative estimate of drug-likeness (QED) is 0.621. The van der Waals surface area contributed by atoms with Crippen molar-refractivity contribution in [2.45, 2.75) is 13.8 Å². The Kier molecular flexibility index (Phi) is 5.64. The molecule has 1 aromatic rings. The van der Waals surface area contributed by atoms with Gasteiger partial charge in [0.1, 0.15) is 0 Å². The summed E-state index contributed by atoms with van der Waals surface area (Å²) in [6.07, 6.45) is 3.78. The van der Waals surface area contributed by atoms with Gasteiger partial charge in [-0.2, -0.15) is 0 Å². The van der Waals surface area contributed by atoms with Crippen molar-refractivity contribution < 1.29 is 0 Å². The van der Waals surface area contributed by atoms with Gasteiger partial charge in [0.15, 0.2) is 0 Å². The molecule has 4 heteroatoms. The molecule has 0 aliphatic carbocycles. The third-order valence-corrected chi connectivity index (χ3v) is 2.60. The number of anilines is 2. The fourth-order valence-electron chi connectivity index (χ4n) is 1.35. The lowest BCUT2D eigenvalue weighted by molar-refractivity contribution is 1.15. The minimum Gasteiger partial charge on any atom is -0.401 e. The highest BCUT2D eigenvalue weighted by Crippen LogP contribution is 2.15. The second-order valence-electron chi connectivity index (χ2n) is 4.02. The summed E-state index contributed by atoms with van der Waals surface area (Å²) in [6.45, 7) is 5.15. The minimum absolute atomic E-state index is 0.650. The van der Waals surface area contributed by atoms with E-state index in [0.717, 1.165) is 22.8 Å². The monoisotopic (exact) mass is 246 g/mol. The van der Waals surface area contributed by atoms with E-state index in [9.17, 15) is 0 Å². The molecule has 0 heterocycles. The lowest BCUT2D eigenvalue weighted by Crippen LogP contribution is -2.12. The highest BCUT2D eigenvalue weighted by atomic mass is 14.9. The largest absolute Gasteiger partial charge is 0.401 e. The number of benzene rings is 1. The highest BCUT2D eigenvalue weighted by Gasteiger charge is 1.96. The maximum atomic E-state index is 5.73. The van der Waals surface area contributed by atoms with E-state index in [1.807, 2.05) is 50.3 Å². The lowest BCUT2D eigenvalue weighted by atomic mass is 10.2. The summed E-state index contributed by atoms with van der Waals surface area (Å²) in [5, 5.41) is 6.52. The van der Waals surface area contributed by atoms with Gasteiger partial charge in [-0.25, -0.2) is 0 Å². The molecular weight excluding hydrogens is 224 g/mol. The van der Waals surface area contributed by atoms with E-state index < -0.39 is 0 Å². The molecule has 18 heavy (non-hydrogen) atoms. The fraction of sp³-hybridized carbons (Fsp3) is 0.286. The van der Waals surface area contributed by atoms with Crippen molar-refractivity contribution >= 4 is 11.4 Å². The summed E-state index contributed by atoms with van der Waals surface area (Å²) < 4.78 is 0. The number of nitrogens with one attached hydrogen (secondary N) is 2. The first-order chi connectivity index (χ1) is 8.65. The molecule has 0 fully saturated rings. The molecule has 0 aliphatic heterocycles. The lowest BCUT2D eigenvalue weighted by Gasteiger charge is -2.10. The summed E-state index contributed by atoms with van der Waals surface area (Å²) in [5.74, 6) is 0. The number of allylic oxidation sites excluding steroid dienone is 2. The van der Waals surface area contributed by atoms with Crippen LogP contribution in [-0.4, -0.2) is 13.1 Å². The van der Waals surface area contributed by atoms with Crippen molar-refractivity contribution in [3.63, 3.8) is 0 Å². The zero-order chi connectivity index (χ0) is 13.4. The summed E-state index contributed by atoms with van der Waals surface area (Å²) in [7, 11) is 0. The molecule has 1 aromatic carbocycles. The summed E-state index contributed by atoms with van der Waals surface area (Å²) in [6, 6.07) is 8.04. The highest BCUT2D eigenvalue weighted by molar-refractivity contribution is 5.57. The molecule has 0 saturated heterocycles. The van der Waals surface area contributed by atoms with E-state index in [1.54, 1.807) is 0 Å². The molecule has 0 saturated carbocycles. The van der Waals surface area contributed by atoms with Gasteiger partial charge in [-0.1, -0.05) is 18.2 Å². The molecule has 4 nitrogen and oxygen atoms in total. The van der Waals surface area contributed by atoms with Gasteiger partial charge in [-0.05, 0) is 32.0 Å². The summed E-state index contributed by atoms with van der Waals surface area (Å²) >= 11 is 0. The third kappa shape index (κ3) is 4.82. The normalized spacial score (nSPS) is 12.3. The van der Waals surface area contributed by atoms with Crippen molar-refractivity contribution in [1.82, 2.24) is 0 Å². The molecular formula is C14H22N4. The molecule has 98 valence electrons. The summed E-state index contributed by atoms with van der Waals surface area (Å²) in [4.78, 5) is 0. The first kappa shape index (κ1) is 14.0. The van der Waals surface area contributed by atoms with Gasteiger partial charge >= 0.3 is 0 Å². The molecule has 0 spiro atoms. The summed E-state index contributed by atoms with van der Waals surface area (Å²) in [5.41, 5.74) is 15.2. The molecule has 1 rings (SSSR count). The van der Waals surface area contributed by atoms with Crippen molar-refractivity contribution in [1.29, 1.82) is 0 Å². The van der Waals surface area contributed by atoms with Crippen molar-refractivity contribution in [2.24, 2.45) is 11.5 Å². The number of hydrogen-bond acceptors (Lipinski definition) is 4. The predicted molar refractivity (Wildman–Crippen MR) is 79.3 cm³/mol. The molecule has 0 radical (unpaired) electrons. The molecule has 0 unspecified atom stereocenters. The fourth-order valence-corrected chi connectivity index (χ4v) is 1.35. The number of rotatable bonds is 6. The molecule has 0 amide bonds. The topological polar surface area (TPSA) is 76.1 Å².